The van der Waals surface area contributed by atoms with Crippen LogP contribution in [0.2, 0.25) is 0 Å². The predicted octanol–water partition coefficient (Wildman–Crippen LogP) is 2.23. The van der Waals surface area contributed by atoms with Crippen molar-refractivity contribution in [1.82, 2.24) is 10.6 Å². The molecule has 2 nitrogen and oxygen atoms in total. The highest BCUT2D eigenvalue weighted by molar-refractivity contribution is 7.12. The van der Waals surface area contributed by atoms with Crippen molar-refractivity contribution >= 4 is 11.3 Å². The summed E-state index contributed by atoms with van der Waals surface area (Å²) in [7, 11) is 0. The molecule has 0 amide bonds. The van der Waals surface area contributed by atoms with E-state index < -0.39 is 0 Å². The van der Waals surface area contributed by atoms with Crippen molar-refractivity contribution in [3.05, 3.63) is 34.0 Å². The van der Waals surface area contributed by atoms with Crippen LogP contribution in [0.15, 0.2) is 18.7 Å². The Morgan fingerprint density at radius 2 is 2.07 bits per heavy atom. The topological polar surface area (TPSA) is 24.1 Å². The maximum absolute atomic E-state index is 3.66. The Hall–Kier alpha value is -0.640. The van der Waals surface area contributed by atoms with Gasteiger partial charge < -0.3 is 10.6 Å². The summed E-state index contributed by atoms with van der Waals surface area (Å²) in [6, 6.07) is 2.27. The van der Waals surface area contributed by atoms with E-state index in [0.29, 0.717) is 0 Å². The van der Waals surface area contributed by atoms with Gasteiger partial charge in [0.15, 0.2) is 0 Å². The van der Waals surface area contributed by atoms with Gasteiger partial charge in [-0.05, 0) is 25.5 Å². The number of rotatable bonds is 7. The van der Waals surface area contributed by atoms with Crippen LogP contribution in [0.25, 0.3) is 0 Å². The number of aryl methyl sites for hydroxylation is 2. The first-order valence-corrected chi connectivity index (χ1v) is 6.14. The van der Waals surface area contributed by atoms with Gasteiger partial charge in [0.25, 0.3) is 0 Å². The Morgan fingerprint density at radius 3 is 2.67 bits per heavy atom. The Kier molecular flexibility index (Phi) is 5.61. The van der Waals surface area contributed by atoms with Crippen molar-refractivity contribution in [2.75, 3.05) is 19.6 Å². The SMILES string of the molecule is C=CCNCCNCc1cc(C)c(C)s1. The number of thiophene rings is 1. The fraction of sp³-hybridized carbons (Fsp3) is 0.500. The zero-order valence-corrected chi connectivity index (χ0v) is 10.4. The molecule has 0 saturated carbocycles. The maximum Gasteiger partial charge on any atom is 0.0300 e. The molecule has 0 unspecified atom stereocenters. The molecule has 1 aromatic rings. The van der Waals surface area contributed by atoms with Crippen LogP contribution in [0.3, 0.4) is 0 Å². The van der Waals surface area contributed by atoms with Gasteiger partial charge in [-0.25, -0.2) is 0 Å². The van der Waals surface area contributed by atoms with Gasteiger partial charge >= 0.3 is 0 Å². The van der Waals surface area contributed by atoms with Crippen molar-refractivity contribution in [1.29, 1.82) is 0 Å². The van der Waals surface area contributed by atoms with Gasteiger partial charge in [-0.1, -0.05) is 6.08 Å². The van der Waals surface area contributed by atoms with E-state index in [9.17, 15) is 0 Å². The molecule has 0 aromatic carbocycles. The van der Waals surface area contributed by atoms with Crippen LogP contribution < -0.4 is 10.6 Å². The van der Waals surface area contributed by atoms with Crippen LogP contribution in [0, 0.1) is 13.8 Å². The second-order valence-electron chi connectivity index (χ2n) is 3.62. The van der Waals surface area contributed by atoms with Crippen LogP contribution in [-0.4, -0.2) is 19.6 Å². The summed E-state index contributed by atoms with van der Waals surface area (Å²) >= 11 is 1.88. The average molecular weight is 224 g/mol. The van der Waals surface area contributed by atoms with E-state index in [1.165, 1.54) is 15.3 Å². The van der Waals surface area contributed by atoms with Crippen molar-refractivity contribution in [2.24, 2.45) is 0 Å². The Balaban J connectivity index is 2.12. The molecule has 0 aliphatic rings. The van der Waals surface area contributed by atoms with E-state index in [1.807, 2.05) is 17.4 Å². The summed E-state index contributed by atoms with van der Waals surface area (Å²) in [5.41, 5.74) is 1.40. The first-order chi connectivity index (χ1) is 7.24. The van der Waals surface area contributed by atoms with E-state index in [4.69, 9.17) is 0 Å². The lowest BCUT2D eigenvalue weighted by molar-refractivity contribution is 0.639. The summed E-state index contributed by atoms with van der Waals surface area (Å²) in [6.07, 6.45) is 1.88. The largest absolute Gasteiger partial charge is 0.312 e. The van der Waals surface area contributed by atoms with Gasteiger partial charge in [0.05, 0.1) is 0 Å². The maximum atomic E-state index is 3.66. The molecule has 0 spiro atoms. The van der Waals surface area contributed by atoms with E-state index in [0.717, 1.165) is 26.2 Å². The van der Waals surface area contributed by atoms with Gasteiger partial charge in [0.1, 0.15) is 0 Å². The van der Waals surface area contributed by atoms with Gasteiger partial charge in [-0.3, -0.25) is 0 Å². The molecule has 0 saturated heterocycles. The summed E-state index contributed by atoms with van der Waals surface area (Å²) in [4.78, 5) is 2.85. The van der Waals surface area contributed by atoms with Crippen LogP contribution in [0.5, 0.6) is 0 Å². The van der Waals surface area contributed by atoms with Gasteiger partial charge in [0.2, 0.25) is 0 Å². The van der Waals surface area contributed by atoms with Gasteiger partial charge in [-0.2, -0.15) is 0 Å². The third-order valence-electron chi connectivity index (χ3n) is 2.28. The van der Waals surface area contributed by atoms with Crippen LogP contribution in [0.1, 0.15) is 15.3 Å². The first kappa shape index (κ1) is 12.4. The van der Waals surface area contributed by atoms with E-state index >= 15 is 0 Å². The minimum absolute atomic E-state index is 0.888. The fourth-order valence-electron chi connectivity index (χ4n) is 1.33. The van der Waals surface area contributed by atoms with E-state index in [-0.39, 0.29) is 0 Å². The lowest BCUT2D eigenvalue weighted by atomic mass is 10.3. The minimum atomic E-state index is 0.888. The Bertz CT molecular complexity index is 285. The second kappa shape index (κ2) is 6.77. The van der Waals surface area contributed by atoms with E-state index in [1.54, 1.807) is 0 Å². The molecular formula is C12H20N2S. The molecule has 0 aliphatic heterocycles. The number of hydrogen-bond acceptors (Lipinski definition) is 3. The fourth-order valence-corrected chi connectivity index (χ4v) is 2.35. The molecule has 15 heavy (non-hydrogen) atoms. The third-order valence-corrected chi connectivity index (χ3v) is 3.44. The number of hydrogen-bond donors (Lipinski definition) is 2. The Labute approximate surface area is 96.4 Å². The molecule has 2 N–H and O–H groups in total. The lowest BCUT2D eigenvalue weighted by Gasteiger charge is -2.03. The molecular weight excluding hydrogens is 204 g/mol. The third kappa shape index (κ3) is 4.60. The van der Waals surface area contributed by atoms with Gasteiger partial charge in [0, 0.05) is 35.9 Å². The smallest absolute Gasteiger partial charge is 0.0300 e. The molecule has 0 aliphatic carbocycles. The van der Waals surface area contributed by atoms with Gasteiger partial charge in [-0.15, -0.1) is 17.9 Å². The summed E-state index contributed by atoms with van der Waals surface area (Å²) in [5.74, 6) is 0. The molecule has 0 radical (unpaired) electrons. The van der Waals surface area contributed by atoms with Crippen molar-refractivity contribution < 1.29 is 0 Å². The van der Waals surface area contributed by atoms with E-state index in [2.05, 4.69) is 37.1 Å². The van der Waals surface area contributed by atoms with Crippen molar-refractivity contribution in [2.45, 2.75) is 20.4 Å². The molecule has 84 valence electrons. The zero-order valence-electron chi connectivity index (χ0n) is 9.60. The summed E-state index contributed by atoms with van der Waals surface area (Å²) in [5, 5.41) is 6.68. The minimum Gasteiger partial charge on any atom is -0.312 e. The monoisotopic (exact) mass is 224 g/mol. The quantitative estimate of drug-likeness (QED) is 0.548. The van der Waals surface area contributed by atoms with Crippen molar-refractivity contribution in [3.63, 3.8) is 0 Å². The highest BCUT2D eigenvalue weighted by atomic mass is 32.1. The predicted molar refractivity (Wildman–Crippen MR) is 68.6 cm³/mol. The lowest BCUT2D eigenvalue weighted by Crippen LogP contribution is -2.26. The van der Waals surface area contributed by atoms with Crippen molar-refractivity contribution in [3.8, 4) is 0 Å². The molecule has 1 aromatic heterocycles. The molecule has 3 heteroatoms. The van der Waals surface area contributed by atoms with Crippen LogP contribution in [-0.2, 0) is 6.54 Å². The summed E-state index contributed by atoms with van der Waals surface area (Å²) in [6.45, 7) is 11.9. The highest BCUT2D eigenvalue weighted by Gasteiger charge is 2.00. The van der Waals surface area contributed by atoms with Crippen LogP contribution in [0.4, 0.5) is 0 Å². The first-order valence-electron chi connectivity index (χ1n) is 5.32. The van der Waals surface area contributed by atoms with Crippen LogP contribution >= 0.6 is 11.3 Å². The summed E-state index contributed by atoms with van der Waals surface area (Å²) < 4.78 is 0. The Morgan fingerprint density at radius 1 is 1.33 bits per heavy atom. The molecule has 1 rings (SSSR count). The highest BCUT2D eigenvalue weighted by Crippen LogP contribution is 2.19. The normalized spacial score (nSPS) is 10.5. The number of nitrogens with one attached hydrogen (secondary N) is 2. The molecule has 0 atom stereocenters. The average Bonchev–Trinajstić information content (AvgIpc) is 2.52. The molecule has 1 heterocycles. The molecule has 0 fully saturated rings. The standard InChI is InChI=1S/C12H20N2S/c1-4-5-13-6-7-14-9-12-8-10(2)11(3)15-12/h4,8,13-14H,1,5-7,9H2,2-3H3. The second-order valence-corrected chi connectivity index (χ2v) is 4.96. The molecule has 0 bridgehead atoms. The zero-order chi connectivity index (χ0) is 11.1.